The van der Waals surface area contributed by atoms with Gasteiger partial charge < -0.3 is 0 Å². The maximum Gasteiger partial charge on any atom is 0.145 e. The van der Waals surface area contributed by atoms with Crippen molar-refractivity contribution in [1.82, 2.24) is 10.2 Å². The quantitative estimate of drug-likeness (QED) is 0.873. The minimum Gasteiger partial charge on any atom is -0.300 e. The fraction of sp³-hybridized carbons (Fsp3) is 0.611. The van der Waals surface area contributed by atoms with Gasteiger partial charge >= 0.3 is 0 Å². The second-order valence-electron chi connectivity index (χ2n) is 6.46. The van der Waals surface area contributed by atoms with Crippen LogP contribution in [0.25, 0.3) is 0 Å². The van der Waals surface area contributed by atoms with E-state index in [0.29, 0.717) is 11.8 Å². The van der Waals surface area contributed by atoms with E-state index in [1.165, 1.54) is 0 Å². The van der Waals surface area contributed by atoms with Crippen molar-refractivity contribution in [2.45, 2.75) is 32.7 Å². The van der Waals surface area contributed by atoms with Crippen molar-refractivity contribution in [1.29, 1.82) is 5.26 Å². The van der Waals surface area contributed by atoms with Crippen molar-refractivity contribution < 1.29 is 0 Å². The lowest BCUT2D eigenvalue weighted by Gasteiger charge is -2.33. The lowest BCUT2D eigenvalue weighted by molar-refractivity contribution is 0.241. The van der Waals surface area contributed by atoms with Crippen molar-refractivity contribution in [3.8, 4) is 6.07 Å². The number of hydrogen-bond donors (Lipinski definition) is 1. The molecule has 0 aromatic heterocycles. The van der Waals surface area contributed by atoms with Gasteiger partial charge in [0, 0.05) is 19.6 Å². The van der Waals surface area contributed by atoms with Crippen molar-refractivity contribution in [2.75, 3.05) is 26.2 Å². The van der Waals surface area contributed by atoms with Gasteiger partial charge in [0.15, 0.2) is 0 Å². The molecule has 2 rings (SSSR count). The second kappa shape index (κ2) is 7.06. The average Bonchev–Trinajstić information content (AvgIpc) is 2.82. The molecule has 3 nitrogen and oxygen atoms in total. The number of rotatable bonds is 6. The standard InChI is InChI=1S/C18H27N3/c1-4-10-20-18(13-19,17-8-6-5-7-9-17)14-21-11-15(2)16(3)12-21/h5-9,15-16,20H,4,10-12,14H2,1-3H3. The summed E-state index contributed by atoms with van der Waals surface area (Å²) in [5.41, 5.74) is 0.481. The smallest absolute Gasteiger partial charge is 0.145 e. The lowest BCUT2D eigenvalue weighted by Crippen LogP contribution is -2.50. The molecule has 1 heterocycles. The number of nitriles is 1. The summed E-state index contributed by atoms with van der Waals surface area (Å²) in [7, 11) is 0. The molecular weight excluding hydrogens is 258 g/mol. The Balaban J connectivity index is 2.22. The molecule has 1 aromatic carbocycles. The molecule has 0 saturated carbocycles. The van der Waals surface area contributed by atoms with E-state index < -0.39 is 5.54 Å². The second-order valence-corrected chi connectivity index (χ2v) is 6.46. The molecule has 1 saturated heterocycles. The summed E-state index contributed by atoms with van der Waals surface area (Å²) in [5, 5.41) is 13.4. The molecule has 1 aromatic rings. The minimum absolute atomic E-state index is 0.596. The molecule has 3 unspecified atom stereocenters. The van der Waals surface area contributed by atoms with Gasteiger partial charge in [-0.2, -0.15) is 5.26 Å². The molecule has 1 N–H and O–H groups in total. The van der Waals surface area contributed by atoms with Crippen molar-refractivity contribution >= 4 is 0 Å². The van der Waals surface area contributed by atoms with Crippen LogP contribution in [0.4, 0.5) is 0 Å². The Morgan fingerprint density at radius 3 is 2.38 bits per heavy atom. The molecule has 0 spiro atoms. The molecule has 0 bridgehead atoms. The van der Waals surface area contributed by atoms with Crippen LogP contribution in [0.15, 0.2) is 30.3 Å². The maximum absolute atomic E-state index is 9.91. The van der Waals surface area contributed by atoms with Gasteiger partial charge in [-0.1, -0.05) is 51.1 Å². The van der Waals surface area contributed by atoms with Gasteiger partial charge in [-0.25, -0.2) is 0 Å². The third-order valence-electron chi connectivity index (χ3n) is 4.66. The van der Waals surface area contributed by atoms with Crippen LogP contribution in [0.5, 0.6) is 0 Å². The highest BCUT2D eigenvalue weighted by Crippen LogP contribution is 2.28. The topological polar surface area (TPSA) is 39.1 Å². The van der Waals surface area contributed by atoms with E-state index in [1.54, 1.807) is 0 Å². The van der Waals surface area contributed by atoms with E-state index in [-0.39, 0.29) is 0 Å². The van der Waals surface area contributed by atoms with Crippen molar-refractivity contribution in [3.63, 3.8) is 0 Å². The van der Waals surface area contributed by atoms with E-state index in [4.69, 9.17) is 0 Å². The van der Waals surface area contributed by atoms with E-state index >= 15 is 0 Å². The maximum atomic E-state index is 9.91. The predicted octanol–water partition coefficient (Wildman–Crippen LogP) is 2.99. The van der Waals surface area contributed by atoms with Crippen molar-refractivity contribution in [3.05, 3.63) is 35.9 Å². The van der Waals surface area contributed by atoms with E-state index in [9.17, 15) is 5.26 Å². The fourth-order valence-electron chi connectivity index (χ4n) is 3.16. The van der Waals surface area contributed by atoms with Crippen LogP contribution < -0.4 is 5.32 Å². The van der Waals surface area contributed by atoms with Gasteiger partial charge in [-0.3, -0.25) is 10.2 Å². The lowest BCUT2D eigenvalue weighted by atomic mass is 9.90. The Kier molecular flexibility index (Phi) is 5.39. The summed E-state index contributed by atoms with van der Waals surface area (Å²) in [6.45, 7) is 10.6. The van der Waals surface area contributed by atoms with E-state index in [0.717, 1.165) is 38.2 Å². The van der Waals surface area contributed by atoms with E-state index in [1.807, 2.05) is 18.2 Å². The van der Waals surface area contributed by atoms with Gasteiger partial charge in [0.1, 0.15) is 5.54 Å². The van der Waals surface area contributed by atoms with Gasteiger partial charge in [0.05, 0.1) is 6.07 Å². The monoisotopic (exact) mass is 285 g/mol. The summed E-state index contributed by atoms with van der Waals surface area (Å²) in [4.78, 5) is 2.44. The van der Waals surface area contributed by atoms with Crippen LogP contribution in [0.1, 0.15) is 32.8 Å². The third-order valence-corrected chi connectivity index (χ3v) is 4.66. The van der Waals surface area contributed by atoms with Gasteiger partial charge in [-0.15, -0.1) is 0 Å². The number of nitrogens with zero attached hydrogens (tertiary/aromatic N) is 2. The minimum atomic E-state index is -0.596. The Labute approximate surface area is 129 Å². The highest BCUT2D eigenvalue weighted by Gasteiger charge is 2.37. The fourth-order valence-corrected chi connectivity index (χ4v) is 3.16. The summed E-state index contributed by atoms with van der Waals surface area (Å²) < 4.78 is 0. The van der Waals surface area contributed by atoms with Gasteiger partial charge in [0.25, 0.3) is 0 Å². The molecule has 1 fully saturated rings. The van der Waals surface area contributed by atoms with Crippen LogP contribution in [0.2, 0.25) is 0 Å². The first-order valence-corrected chi connectivity index (χ1v) is 8.05. The molecule has 3 atom stereocenters. The van der Waals surface area contributed by atoms with E-state index in [2.05, 4.69) is 49.2 Å². The van der Waals surface area contributed by atoms with Gasteiger partial charge in [0.2, 0.25) is 0 Å². The Hall–Kier alpha value is -1.37. The van der Waals surface area contributed by atoms with Crippen LogP contribution in [-0.4, -0.2) is 31.1 Å². The summed E-state index contributed by atoms with van der Waals surface area (Å²) in [6.07, 6.45) is 1.03. The zero-order valence-corrected chi connectivity index (χ0v) is 13.5. The number of benzene rings is 1. The summed E-state index contributed by atoms with van der Waals surface area (Å²) in [6, 6.07) is 12.7. The Bertz CT molecular complexity index is 469. The molecular formula is C18H27N3. The Morgan fingerprint density at radius 1 is 1.24 bits per heavy atom. The molecule has 21 heavy (non-hydrogen) atoms. The predicted molar refractivity (Wildman–Crippen MR) is 86.8 cm³/mol. The number of likely N-dealkylation sites (tertiary alicyclic amines) is 1. The zero-order chi connectivity index (χ0) is 15.3. The molecule has 0 radical (unpaired) electrons. The van der Waals surface area contributed by atoms with Crippen LogP contribution >= 0.6 is 0 Å². The molecule has 1 aliphatic rings. The molecule has 0 aliphatic carbocycles. The molecule has 114 valence electrons. The highest BCUT2D eigenvalue weighted by molar-refractivity contribution is 5.32. The molecule has 1 aliphatic heterocycles. The zero-order valence-electron chi connectivity index (χ0n) is 13.5. The van der Waals surface area contributed by atoms with Crippen LogP contribution in [0, 0.1) is 23.2 Å². The normalized spacial score (nSPS) is 25.4. The van der Waals surface area contributed by atoms with Crippen molar-refractivity contribution in [2.24, 2.45) is 11.8 Å². The largest absolute Gasteiger partial charge is 0.300 e. The average molecular weight is 285 g/mol. The highest BCUT2D eigenvalue weighted by atomic mass is 15.2. The first-order chi connectivity index (χ1) is 10.1. The first kappa shape index (κ1) is 16.0. The van der Waals surface area contributed by atoms with Crippen LogP contribution in [-0.2, 0) is 5.54 Å². The molecule has 0 amide bonds. The SMILES string of the molecule is CCCNC(C#N)(CN1CC(C)C(C)C1)c1ccccc1. The summed E-state index contributed by atoms with van der Waals surface area (Å²) >= 11 is 0. The Morgan fingerprint density at radius 2 is 1.86 bits per heavy atom. The van der Waals surface area contributed by atoms with Gasteiger partial charge in [-0.05, 0) is 30.4 Å². The third kappa shape index (κ3) is 3.64. The summed E-state index contributed by atoms with van der Waals surface area (Å²) in [5.74, 6) is 1.42. The van der Waals surface area contributed by atoms with Crippen LogP contribution in [0.3, 0.4) is 0 Å². The molecule has 3 heteroatoms. The number of nitrogens with one attached hydrogen (secondary N) is 1. The first-order valence-electron chi connectivity index (χ1n) is 8.05. The number of hydrogen-bond acceptors (Lipinski definition) is 3.